The Morgan fingerprint density at radius 2 is 2.20 bits per heavy atom. The molecule has 3 rings (SSSR count). The van der Waals surface area contributed by atoms with Crippen LogP contribution in [-0.2, 0) is 20.9 Å². The number of aromatic nitrogens is 1. The second-order valence-electron chi connectivity index (χ2n) is 5.31. The average molecular weight is 310 g/mol. The van der Waals surface area contributed by atoms with Crippen LogP contribution in [0.1, 0.15) is 25.0 Å². The lowest BCUT2D eigenvalue weighted by Gasteiger charge is -2.26. The van der Waals surface area contributed by atoms with Gasteiger partial charge in [-0.15, -0.1) is 0 Å². The van der Waals surface area contributed by atoms with Gasteiger partial charge in [-0.05, 0) is 25.3 Å². The quantitative estimate of drug-likeness (QED) is 0.891. The summed E-state index contributed by atoms with van der Waals surface area (Å²) < 4.78 is 69.6. The molecular formula is C11H13F3N2O3S. The molecule has 2 atom stereocenters. The number of fused-ring (bicyclic) bond motifs is 2. The third-order valence-corrected chi connectivity index (χ3v) is 5.34. The first-order chi connectivity index (χ1) is 9.20. The van der Waals surface area contributed by atoms with Crippen molar-refractivity contribution in [1.29, 1.82) is 0 Å². The first-order valence-electron chi connectivity index (χ1n) is 6.11. The molecule has 1 saturated heterocycles. The van der Waals surface area contributed by atoms with Crippen LogP contribution in [0, 0.1) is 0 Å². The molecule has 0 amide bonds. The van der Waals surface area contributed by atoms with E-state index >= 15 is 0 Å². The monoisotopic (exact) mass is 310 g/mol. The maximum atomic E-state index is 12.5. The van der Waals surface area contributed by atoms with Gasteiger partial charge in [0.1, 0.15) is 10.6 Å². The Balaban J connectivity index is 1.83. The van der Waals surface area contributed by atoms with Crippen LogP contribution >= 0.6 is 0 Å². The number of rotatable bonds is 3. The summed E-state index contributed by atoms with van der Waals surface area (Å²) in [6.45, 7) is 0.271. The summed E-state index contributed by atoms with van der Waals surface area (Å²) in [6, 6.07) is 0.598. The van der Waals surface area contributed by atoms with Crippen LogP contribution in [-0.4, -0.2) is 31.7 Å². The summed E-state index contributed by atoms with van der Waals surface area (Å²) in [7, 11) is -3.99. The normalized spacial score (nSPS) is 30.1. The van der Waals surface area contributed by atoms with E-state index in [1.165, 1.54) is 0 Å². The number of nitrogens with one attached hydrogen (secondary N) is 2. The predicted molar refractivity (Wildman–Crippen MR) is 62.4 cm³/mol. The molecule has 2 heterocycles. The zero-order valence-electron chi connectivity index (χ0n) is 10.3. The van der Waals surface area contributed by atoms with Gasteiger partial charge in [-0.1, -0.05) is 0 Å². The lowest BCUT2D eigenvalue weighted by molar-refractivity contribution is -0.140. The lowest BCUT2D eigenvalue weighted by Crippen LogP contribution is -2.47. The van der Waals surface area contributed by atoms with Crippen molar-refractivity contribution in [2.75, 3.05) is 6.61 Å². The number of H-pyrrole nitrogens is 1. The van der Waals surface area contributed by atoms with Gasteiger partial charge >= 0.3 is 6.18 Å². The van der Waals surface area contributed by atoms with Crippen molar-refractivity contribution in [2.24, 2.45) is 0 Å². The number of hydrogen-bond acceptors (Lipinski definition) is 3. The van der Waals surface area contributed by atoms with Crippen LogP contribution in [0.25, 0.3) is 0 Å². The van der Waals surface area contributed by atoms with E-state index in [2.05, 4.69) is 4.72 Å². The summed E-state index contributed by atoms with van der Waals surface area (Å²) in [5.74, 6) is 0. The van der Waals surface area contributed by atoms with Gasteiger partial charge in [0, 0.05) is 6.20 Å². The van der Waals surface area contributed by atoms with Crippen molar-refractivity contribution in [3.63, 3.8) is 0 Å². The van der Waals surface area contributed by atoms with E-state index in [4.69, 9.17) is 4.74 Å². The third kappa shape index (κ3) is 2.33. The molecule has 20 heavy (non-hydrogen) atoms. The highest BCUT2D eigenvalue weighted by atomic mass is 32.2. The van der Waals surface area contributed by atoms with Crippen molar-refractivity contribution < 1.29 is 26.3 Å². The van der Waals surface area contributed by atoms with Crippen LogP contribution in [0.3, 0.4) is 0 Å². The summed E-state index contributed by atoms with van der Waals surface area (Å²) in [5.41, 5.74) is -1.75. The van der Waals surface area contributed by atoms with Crippen molar-refractivity contribution in [1.82, 2.24) is 9.71 Å². The molecule has 2 aliphatic rings. The molecule has 9 heteroatoms. The van der Waals surface area contributed by atoms with E-state index < -0.39 is 32.3 Å². The molecule has 2 fully saturated rings. The highest BCUT2D eigenvalue weighted by Gasteiger charge is 2.48. The van der Waals surface area contributed by atoms with Crippen molar-refractivity contribution in [2.45, 2.75) is 42.0 Å². The third-order valence-electron chi connectivity index (χ3n) is 3.78. The fourth-order valence-corrected chi connectivity index (χ4v) is 4.21. The Morgan fingerprint density at radius 1 is 1.45 bits per heavy atom. The Kier molecular flexibility index (Phi) is 2.93. The first-order valence-corrected chi connectivity index (χ1v) is 7.60. The Morgan fingerprint density at radius 3 is 2.65 bits per heavy atom. The molecule has 0 aromatic carbocycles. The van der Waals surface area contributed by atoms with Gasteiger partial charge in [-0.2, -0.15) is 13.2 Å². The van der Waals surface area contributed by atoms with E-state index in [9.17, 15) is 21.6 Å². The van der Waals surface area contributed by atoms with E-state index in [-0.39, 0.29) is 12.7 Å². The van der Waals surface area contributed by atoms with E-state index in [0.717, 1.165) is 12.6 Å². The Hall–Kier alpha value is -1.06. The van der Waals surface area contributed by atoms with Crippen LogP contribution in [0.2, 0.25) is 0 Å². The average Bonchev–Trinajstić information content (AvgIpc) is 3.01. The van der Waals surface area contributed by atoms with Gasteiger partial charge in [0.25, 0.3) is 0 Å². The van der Waals surface area contributed by atoms with Gasteiger partial charge in [-0.25, -0.2) is 13.1 Å². The molecule has 5 nitrogen and oxygen atoms in total. The number of hydrogen-bond donors (Lipinski definition) is 2. The summed E-state index contributed by atoms with van der Waals surface area (Å²) in [6.07, 6.45) is -1.71. The molecule has 112 valence electrons. The van der Waals surface area contributed by atoms with Crippen LogP contribution in [0.5, 0.6) is 0 Å². The van der Waals surface area contributed by atoms with Crippen molar-refractivity contribution in [3.05, 3.63) is 18.0 Å². The minimum Gasteiger partial charge on any atom is -0.376 e. The fourth-order valence-electron chi connectivity index (χ4n) is 2.79. The molecule has 2 N–H and O–H groups in total. The second kappa shape index (κ2) is 4.22. The minimum absolute atomic E-state index is 0.0506. The zero-order valence-corrected chi connectivity index (χ0v) is 11.1. The molecule has 0 radical (unpaired) electrons. The topological polar surface area (TPSA) is 71.2 Å². The maximum absolute atomic E-state index is 12.5. The van der Waals surface area contributed by atoms with Crippen LogP contribution < -0.4 is 4.72 Å². The number of halogens is 3. The molecule has 1 aliphatic carbocycles. The molecule has 2 bridgehead atoms. The molecule has 1 saturated carbocycles. The fraction of sp³-hybridized carbons (Fsp3) is 0.636. The number of ether oxygens (including phenoxy) is 1. The largest absolute Gasteiger partial charge is 0.431 e. The van der Waals surface area contributed by atoms with Gasteiger partial charge in [0.2, 0.25) is 10.0 Å². The van der Waals surface area contributed by atoms with Gasteiger partial charge in [-0.3, -0.25) is 0 Å². The molecule has 2 unspecified atom stereocenters. The van der Waals surface area contributed by atoms with Gasteiger partial charge in [0.05, 0.1) is 18.2 Å². The van der Waals surface area contributed by atoms with Gasteiger partial charge < -0.3 is 9.72 Å². The van der Waals surface area contributed by atoms with E-state index in [1.807, 2.05) is 4.98 Å². The first kappa shape index (κ1) is 13.9. The SMILES string of the molecule is O=S(=O)(NC12CCC(C1)OC2)c1c[nH]c(C(F)(F)F)c1. The van der Waals surface area contributed by atoms with E-state index in [1.54, 1.807) is 0 Å². The highest BCUT2D eigenvalue weighted by Crippen LogP contribution is 2.40. The second-order valence-corrected chi connectivity index (χ2v) is 6.99. The smallest absolute Gasteiger partial charge is 0.376 e. The van der Waals surface area contributed by atoms with Crippen molar-refractivity contribution in [3.8, 4) is 0 Å². The Bertz CT molecular complexity index is 615. The summed E-state index contributed by atoms with van der Waals surface area (Å²) in [5, 5.41) is 0. The molecular weight excluding hydrogens is 297 g/mol. The van der Waals surface area contributed by atoms with E-state index in [0.29, 0.717) is 18.9 Å². The van der Waals surface area contributed by atoms with Crippen molar-refractivity contribution >= 4 is 10.0 Å². The number of sulfonamides is 1. The van der Waals surface area contributed by atoms with Gasteiger partial charge in [0.15, 0.2) is 0 Å². The molecule has 1 aromatic heterocycles. The van der Waals surface area contributed by atoms with Crippen LogP contribution in [0.4, 0.5) is 13.2 Å². The van der Waals surface area contributed by atoms with Crippen LogP contribution in [0.15, 0.2) is 17.2 Å². The summed E-state index contributed by atoms with van der Waals surface area (Å²) >= 11 is 0. The number of alkyl halides is 3. The standard InChI is InChI=1S/C11H13F3N2O3S/c12-11(13,14)9-3-8(5-15-9)20(17,18)16-10-2-1-7(4-10)19-6-10/h3,5,7,15-16H,1-2,4,6H2. The Labute approximate surface area is 113 Å². The molecule has 1 aromatic rings. The highest BCUT2D eigenvalue weighted by molar-refractivity contribution is 7.89. The number of aromatic amines is 1. The minimum atomic E-state index is -4.60. The predicted octanol–water partition coefficient (Wildman–Crippen LogP) is 1.63. The molecule has 1 aliphatic heterocycles. The maximum Gasteiger partial charge on any atom is 0.431 e. The summed E-state index contributed by atoms with van der Waals surface area (Å²) in [4.78, 5) is 1.53. The molecule has 0 spiro atoms. The lowest BCUT2D eigenvalue weighted by atomic mass is 10.0. The zero-order chi connectivity index (χ0) is 14.6.